The van der Waals surface area contributed by atoms with Crippen LogP contribution in [-0.4, -0.2) is 39.5 Å². The molecular formula is C23H22N4O6S2. The van der Waals surface area contributed by atoms with Crippen molar-refractivity contribution in [2.45, 2.75) is 30.4 Å². The molecule has 1 atom stereocenters. The minimum Gasteiger partial charge on any atom is -0.466 e. The highest BCUT2D eigenvalue weighted by molar-refractivity contribution is 8.00. The highest BCUT2D eigenvalue weighted by Gasteiger charge is 2.17. The predicted octanol–water partition coefficient (Wildman–Crippen LogP) is 4.53. The lowest BCUT2D eigenvalue weighted by Gasteiger charge is -2.12. The van der Waals surface area contributed by atoms with Gasteiger partial charge in [0.05, 0.1) is 28.9 Å². The number of hydrogen-bond acceptors (Lipinski definition) is 9. The summed E-state index contributed by atoms with van der Waals surface area (Å²) in [4.78, 5) is 51.9. The summed E-state index contributed by atoms with van der Waals surface area (Å²) >= 11 is 2.53. The average molecular weight is 515 g/mol. The second kappa shape index (κ2) is 12.1. The lowest BCUT2D eigenvalue weighted by molar-refractivity contribution is -0.384. The Hall–Kier alpha value is -3.77. The van der Waals surface area contributed by atoms with Gasteiger partial charge in [-0.15, -0.1) is 23.1 Å². The number of hydrogen-bond donors (Lipinski definition) is 2. The van der Waals surface area contributed by atoms with E-state index in [0.29, 0.717) is 23.1 Å². The molecule has 3 rings (SSSR count). The van der Waals surface area contributed by atoms with Crippen LogP contribution in [0.5, 0.6) is 0 Å². The number of esters is 1. The van der Waals surface area contributed by atoms with Gasteiger partial charge in [-0.25, -0.2) is 4.98 Å². The number of nitrogens with zero attached hydrogens (tertiary/aromatic N) is 2. The largest absolute Gasteiger partial charge is 0.466 e. The van der Waals surface area contributed by atoms with E-state index in [1.807, 2.05) is 6.07 Å². The van der Waals surface area contributed by atoms with Gasteiger partial charge in [0.15, 0.2) is 5.13 Å². The Morgan fingerprint density at radius 3 is 2.60 bits per heavy atom. The van der Waals surface area contributed by atoms with E-state index < -0.39 is 16.1 Å². The summed E-state index contributed by atoms with van der Waals surface area (Å²) in [7, 11) is 0. The summed E-state index contributed by atoms with van der Waals surface area (Å²) in [6.07, 6.45) is 0.0445. The number of carbonyl (C=O) groups is 3. The molecule has 0 aliphatic rings. The van der Waals surface area contributed by atoms with Crippen molar-refractivity contribution in [2.75, 3.05) is 17.2 Å². The summed E-state index contributed by atoms with van der Waals surface area (Å²) in [6, 6.07) is 12.3. The van der Waals surface area contributed by atoms with Crippen LogP contribution in [0.15, 0.2) is 58.8 Å². The number of ether oxygens (including phenoxy) is 1. The summed E-state index contributed by atoms with van der Waals surface area (Å²) < 4.78 is 4.90. The van der Waals surface area contributed by atoms with Gasteiger partial charge >= 0.3 is 5.97 Å². The first-order chi connectivity index (χ1) is 16.7. The van der Waals surface area contributed by atoms with Gasteiger partial charge in [0.1, 0.15) is 0 Å². The first-order valence-electron chi connectivity index (χ1n) is 10.5. The van der Waals surface area contributed by atoms with Crippen LogP contribution in [0.3, 0.4) is 0 Å². The second-order valence-electron chi connectivity index (χ2n) is 7.16. The fourth-order valence-electron chi connectivity index (χ4n) is 2.86. The molecule has 2 aromatic carbocycles. The molecule has 35 heavy (non-hydrogen) atoms. The number of nitro benzene ring substituents is 1. The second-order valence-corrected chi connectivity index (χ2v) is 9.43. The SMILES string of the molecule is CCOC(=O)Cc1csc(NC(=O)C(C)Sc2cccc(NC(=O)c3ccc([N+](=O)[O-])cc3)c2)n1. The molecule has 0 spiro atoms. The van der Waals surface area contributed by atoms with Gasteiger partial charge in [0.2, 0.25) is 5.91 Å². The quantitative estimate of drug-likeness (QED) is 0.174. The Labute approximate surface area is 209 Å². The third kappa shape index (κ3) is 7.62. The average Bonchev–Trinajstić information content (AvgIpc) is 3.25. The van der Waals surface area contributed by atoms with E-state index in [2.05, 4.69) is 15.6 Å². The van der Waals surface area contributed by atoms with Gasteiger partial charge in [0, 0.05) is 33.7 Å². The third-order valence-corrected chi connectivity index (χ3v) is 6.43. The Morgan fingerprint density at radius 2 is 1.91 bits per heavy atom. The summed E-state index contributed by atoms with van der Waals surface area (Å²) in [6.45, 7) is 3.77. The lowest BCUT2D eigenvalue weighted by atomic mass is 10.2. The molecule has 0 bridgehead atoms. The standard InChI is InChI=1S/C23H22N4O6S2/c1-3-33-20(28)12-17-13-34-23(25-17)26-21(29)14(2)35-19-6-4-5-16(11-19)24-22(30)15-7-9-18(10-8-15)27(31)32/h4-11,13-14H,3,12H2,1-2H3,(H,24,30)(H,25,26,29). The molecule has 0 aliphatic heterocycles. The number of non-ortho nitro benzene ring substituents is 1. The van der Waals surface area contributed by atoms with Crippen molar-refractivity contribution in [3.05, 3.63) is 75.3 Å². The van der Waals surface area contributed by atoms with Crippen molar-refractivity contribution in [3.63, 3.8) is 0 Å². The fraction of sp³-hybridized carbons (Fsp3) is 0.217. The number of thiazole rings is 1. The number of nitrogens with one attached hydrogen (secondary N) is 2. The van der Waals surface area contributed by atoms with Crippen molar-refractivity contribution in [2.24, 2.45) is 0 Å². The van der Waals surface area contributed by atoms with Crippen LogP contribution < -0.4 is 10.6 Å². The number of thioether (sulfide) groups is 1. The maximum atomic E-state index is 12.6. The number of carbonyl (C=O) groups excluding carboxylic acids is 3. The zero-order valence-corrected chi connectivity index (χ0v) is 20.5. The van der Waals surface area contributed by atoms with Crippen LogP contribution in [0, 0.1) is 10.1 Å². The van der Waals surface area contributed by atoms with E-state index >= 15 is 0 Å². The third-order valence-electron chi connectivity index (χ3n) is 4.53. The molecule has 0 radical (unpaired) electrons. The van der Waals surface area contributed by atoms with Gasteiger partial charge in [-0.05, 0) is 44.2 Å². The molecule has 10 nitrogen and oxygen atoms in total. The van der Waals surface area contributed by atoms with Crippen molar-refractivity contribution >= 4 is 57.4 Å². The molecule has 2 amide bonds. The molecule has 0 saturated carbocycles. The van der Waals surface area contributed by atoms with Gasteiger partial charge < -0.3 is 15.4 Å². The molecule has 1 aromatic heterocycles. The minimum atomic E-state index is -0.531. The van der Waals surface area contributed by atoms with Gasteiger partial charge in [0.25, 0.3) is 11.6 Å². The van der Waals surface area contributed by atoms with Crippen LogP contribution in [0.1, 0.15) is 29.9 Å². The molecule has 0 fully saturated rings. The number of amides is 2. The molecule has 1 unspecified atom stereocenters. The van der Waals surface area contributed by atoms with Gasteiger partial charge in [-0.3, -0.25) is 24.5 Å². The van der Waals surface area contributed by atoms with E-state index in [0.717, 1.165) is 4.90 Å². The molecule has 3 aromatic rings. The monoisotopic (exact) mass is 514 g/mol. The molecule has 2 N–H and O–H groups in total. The first-order valence-corrected chi connectivity index (χ1v) is 12.2. The Kier molecular flexibility index (Phi) is 8.92. The van der Waals surface area contributed by atoms with Crippen molar-refractivity contribution in [1.82, 2.24) is 4.98 Å². The molecular weight excluding hydrogens is 492 g/mol. The predicted molar refractivity (Wildman–Crippen MR) is 134 cm³/mol. The number of benzene rings is 2. The smallest absolute Gasteiger partial charge is 0.311 e. The summed E-state index contributed by atoms with van der Waals surface area (Å²) in [5.41, 5.74) is 1.24. The van der Waals surface area contributed by atoms with Crippen molar-refractivity contribution in [1.29, 1.82) is 0 Å². The number of aromatic nitrogens is 1. The number of nitro groups is 1. The van der Waals surface area contributed by atoms with Crippen LogP contribution in [0.25, 0.3) is 0 Å². The topological polar surface area (TPSA) is 141 Å². The van der Waals surface area contributed by atoms with E-state index in [1.54, 1.807) is 37.4 Å². The zero-order valence-electron chi connectivity index (χ0n) is 18.8. The minimum absolute atomic E-state index is 0.0445. The number of rotatable bonds is 10. The Bertz CT molecular complexity index is 1230. The van der Waals surface area contributed by atoms with Crippen LogP contribution in [0.4, 0.5) is 16.5 Å². The van der Waals surface area contributed by atoms with Gasteiger partial charge in [-0.2, -0.15) is 0 Å². The Balaban J connectivity index is 1.56. The maximum absolute atomic E-state index is 12.6. The van der Waals surface area contributed by atoms with Gasteiger partial charge in [-0.1, -0.05) is 6.07 Å². The fourth-order valence-corrected chi connectivity index (χ4v) is 4.49. The molecule has 1 heterocycles. The molecule has 0 saturated heterocycles. The van der Waals surface area contributed by atoms with E-state index in [1.165, 1.54) is 47.4 Å². The molecule has 182 valence electrons. The Morgan fingerprint density at radius 1 is 1.17 bits per heavy atom. The lowest BCUT2D eigenvalue weighted by Crippen LogP contribution is -2.22. The van der Waals surface area contributed by atoms with E-state index in [9.17, 15) is 24.5 Å². The zero-order chi connectivity index (χ0) is 25.4. The first kappa shape index (κ1) is 25.8. The van der Waals surface area contributed by atoms with E-state index in [-0.39, 0.29) is 29.5 Å². The normalized spacial score (nSPS) is 11.4. The van der Waals surface area contributed by atoms with Crippen molar-refractivity contribution in [3.8, 4) is 0 Å². The number of anilines is 2. The summed E-state index contributed by atoms with van der Waals surface area (Å²) in [5, 5.41) is 17.9. The van der Waals surface area contributed by atoms with Crippen LogP contribution >= 0.6 is 23.1 Å². The van der Waals surface area contributed by atoms with E-state index in [4.69, 9.17) is 4.74 Å². The highest BCUT2D eigenvalue weighted by atomic mass is 32.2. The van der Waals surface area contributed by atoms with Crippen molar-refractivity contribution < 1.29 is 24.0 Å². The maximum Gasteiger partial charge on any atom is 0.311 e. The van der Waals surface area contributed by atoms with Crippen LogP contribution in [-0.2, 0) is 20.7 Å². The molecule has 0 aliphatic carbocycles. The molecule has 12 heteroatoms. The van der Waals surface area contributed by atoms with Crippen LogP contribution in [0.2, 0.25) is 0 Å². The summed E-state index contributed by atoms with van der Waals surface area (Å²) in [5.74, 6) is -1.04. The highest BCUT2D eigenvalue weighted by Crippen LogP contribution is 2.27.